The quantitative estimate of drug-likeness (QED) is 0.735. The largest absolute Gasteiger partial charge is 0.481 e. The molecule has 1 unspecified atom stereocenters. The third-order valence-corrected chi connectivity index (χ3v) is 3.11. The summed E-state index contributed by atoms with van der Waals surface area (Å²) < 4.78 is 5.64. The van der Waals surface area contributed by atoms with E-state index in [0.29, 0.717) is 6.42 Å². The van der Waals surface area contributed by atoms with Gasteiger partial charge >= 0.3 is 5.97 Å². The zero-order valence-electron chi connectivity index (χ0n) is 7.51. The zero-order chi connectivity index (χ0) is 9.71. The second kappa shape index (κ2) is 2.58. The number of hydrogen-bond donors (Lipinski definition) is 1. The first-order valence-corrected chi connectivity index (χ1v) is 4.74. The van der Waals surface area contributed by atoms with Gasteiger partial charge < -0.3 is 9.84 Å². The topological polar surface area (TPSA) is 46.5 Å². The highest BCUT2D eigenvalue weighted by molar-refractivity contribution is 5.72. The number of hydrogen-bond acceptors (Lipinski definition) is 2. The van der Waals surface area contributed by atoms with Crippen LogP contribution in [0.5, 0.6) is 0 Å². The van der Waals surface area contributed by atoms with Gasteiger partial charge in [0.2, 0.25) is 0 Å². The minimum Gasteiger partial charge on any atom is -0.481 e. The van der Waals surface area contributed by atoms with E-state index in [1.165, 1.54) is 5.56 Å². The van der Waals surface area contributed by atoms with E-state index in [2.05, 4.69) is 0 Å². The van der Waals surface area contributed by atoms with Crippen LogP contribution in [0.4, 0.5) is 0 Å². The molecule has 2 bridgehead atoms. The molecule has 1 aromatic rings. The smallest absolute Gasteiger partial charge is 0.309 e. The lowest BCUT2D eigenvalue weighted by molar-refractivity contribution is -0.143. The molecular formula is C11H10O3. The summed E-state index contributed by atoms with van der Waals surface area (Å²) in [5, 5.41) is 8.98. The van der Waals surface area contributed by atoms with Crippen LogP contribution >= 0.6 is 0 Å². The third-order valence-electron chi connectivity index (χ3n) is 3.11. The van der Waals surface area contributed by atoms with Crippen LogP contribution in [0.25, 0.3) is 0 Å². The summed E-state index contributed by atoms with van der Waals surface area (Å²) in [4.78, 5) is 10.9. The molecule has 1 aromatic carbocycles. The fraction of sp³-hybridized carbons (Fsp3) is 0.364. The van der Waals surface area contributed by atoms with Gasteiger partial charge in [0.1, 0.15) is 0 Å². The molecule has 72 valence electrons. The van der Waals surface area contributed by atoms with Crippen molar-refractivity contribution in [3.63, 3.8) is 0 Å². The Morgan fingerprint density at radius 2 is 2.07 bits per heavy atom. The molecule has 0 amide bonds. The van der Waals surface area contributed by atoms with Gasteiger partial charge in [-0.2, -0.15) is 0 Å². The second-order valence-corrected chi connectivity index (χ2v) is 3.85. The predicted molar refractivity (Wildman–Crippen MR) is 48.8 cm³/mol. The molecule has 3 rings (SSSR count). The summed E-state index contributed by atoms with van der Waals surface area (Å²) >= 11 is 0. The first-order chi connectivity index (χ1) is 6.77. The van der Waals surface area contributed by atoms with Gasteiger partial charge in [-0.25, -0.2) is 0 Å². The molecule has 2 aliphatic heterocycles. The highest BCUT2D eigenvalue weighted by atomic mass is 16.5. The molecule has 1 fully saturated rings. The number of carboxylic acids is 1. The van der Waals surface area contributed by atoms with Crippen molar-refractivity contribution in [1.82, 2.24) is 0 Å². The SMILES string of the molecule is O=C(O)C1C[C@H]2O[C@@H]1c1ccccc12. The number of aliphatic carboxylic acids is 1. The lowest BCUT2D eigenvalue weighted by Crippen LogP contribution is -2.19. The van der Waals surface area contributed by atoms with Crippen molar-refractivity contribution in [2.75, 3.05) is 0 Å². The molecule has 2 aliphatic rings. The molecule has 3 atom stereocenters. The Bertz CT molecular complexity index is 399. The van der Waals surface area contributed by atoms with E-state index >= 15 is 0 Å². The number of rotatable bonds is 1. The number of ether oxygens (including phenoxy) is 1. The van der Waals surface area contributed by atoms with Crippen LogP contribution in [0.2, 0.25) is 0 Å². The standard InChI is InChI=1S/C11H10O3/c12-11(13)8-5-9-6-3-1-2-4-7(6)10(8)14-9/h1-4,8-10H,5H2,(H,12,13)/t8?,9-,10-/m1/s1. The van der Waals surface area contributed by atoms with Gasteiger partial charge in [0.15, 0.2) is 0 Å². The lowest BCUT2D eigenvalue weighted by Gasteiger charge is -2.16. The average molecular weight is 190 g/mol. The highest BCUT2D eigenvalue weighted by Crippen LogP contribution is 2.53. The van der Waals surface area contributed by atoms with Crippen molar-refractivity contribution >= 4 is 5.97 Å². The number of fused-ring (bicyclic) bond motifs is 5. The molecule has 3 nitrogen and oxygen atoms in total. The summed E-state index contributed by atoms with van der Waals surface area (Å²) in [6, 6.07) is 7.90. The van der Waals surface area contributed by atoms with Gasteiger partial charge in [0, 0.05) is 0 Å². The molecule has 2 heterocycles. The van der Waals surface area contributed by atoms with E-state index in [1.54, 1.807) is 0 Å². The van der Waals surface area contributed by atoms with Gasteiger partial charge in [0.25, 0.3) is 0 Å². The van der Waals surface area contributed by atoms with Gasteiger partial charge in [-0.3, -0.25) is 4.79 Å². The van der Waals surface area contributed by atoms with E-state index in [1.807, 2.05) is 24.3 Å². The summed E-state index contributed by atoms with van der Waals surface area (Å²) in [6.07, 6.45) is 0.419. The van der Waals surface area contributed by atoms with Crippen molar-refractivity contribution in [2.45, 2.75) is 18.6 Å². The fourth-order valence-electron chi connectivity index (χ4n) is 2.47. The molecule has 0 saturated carbocycles. The van der Waals surface area contributed by atoms with Gasteiger partial charge in [-0.1, -0.05) is 24.3 Å². The molecule has 3 heteroatoms. The Morgan fingerprint density at radius 1 is 1.36 bits per heavy atom. The van der Waals surface area contributed by atoms with Crippen molar-refractivity contribution < 1.29 is 14.6 Å². The monoisotopic (exact) mass is 190 g/mol. The minimum atomic E-state index is -0.744. The first-order valence-electron chi connectivity index (χ1n) is 4.74. The second-order valence-electron chi connectivity index (χ2n) is 3.85. The zero-order valence-corrected chi connectivity index (χ0v) is 7.51. The third kappa shape index (κ3) is 0.876. The van der Waals surface area contributed by atoms with E-state index in [0.717, 1.165) is 5.56 Å². The molecular weight excluding hydrogens is 180 g/mol. The maximum atomic E-state index is 10.9. The van der Waals surface area contributed by atoms with Crippen LogP contribution in [0.1, 0.15) is 29.8 Å². The van der Waals surface area contributed by atoms with Crippen LogP contribution in [0.15, 0.2) is 24.3 Å². The Morgan fingerprint density at radius 3 is 2.79 bits per heavy atom. The van der Waals surface area contributed by atoms with Gasteiger partial charge in [-0.05, 0) is 17.5 Å². The summed E-state index contributed by atoms with van der Waals surface area (Å²) in [5.74, 6) is -1.10. The first kappa shape index (κ1) is 8.00. The summed E-state index contributed by atoms with van der Waals surface area (Å²) in [6.45, 7) is 0. The van der Waals surface area contributed by atoms with E-state index < -0.39 is 5.97 Å². The minimum absolute atomic E-state index is 0.0114. The van der Waals surface area contributed by atoms with Gasteiger partial charge in [-0.15, -0.1) is 0 Å². The van der Waals surface area contributed by atoms with Crippen LogP contribution < -0.4 is 0 Å². The van der Waals surface area contributed by atoms with E-state index in [4.69, 9.17) is 9.84 Å². The number of carboxylic acid groups (broad SMARTS) is 1. The van der Waals surface area contributed by atoms with Crippen molar-refractivity contribution in [3.8, 4) is 0 Å². The van der Waals surface area contributed by atoms with Crippen LogP contribution in [-0.4, -0.2) is 11.1 Å². The van der Waals surface area contributed by atoms with Crippen molar-refractivity contribution in [2.24, 2.45) is 5.92 Å². The lowest BCUT2D eigenvalue weighted by atomic mass is 9.84. The molecule has 1 N–H and O–H groups in total. The van der Waals surface area contributed by atoms with Crippen molar-refractivity contribution in [3.05, 3.63) is 35.4 Å². The van der Waals surface area contributed by atoms with Crippen LogP contribution in [0.3, 0.4) is 0 Å². The average Bonchev–Trinajstić information content (AvgIpc) is 2.75. The highest BCUT2D eigenvalue weighted by Gasteiger charge is 2.48. The van der Waals surface area contributed by atoms with Crippen LogP contribution in [-0.2, 0) is 9.53 Å². The Hall–Kier alpha value is -1.35. The number of carbonyl (C=O) groups is 1. The fourth-order valence-corrected chi connectivity index (χ4v) is 2.47. The molecule has 0 aliphatic carbocycles. The molecule has 14 heavy (non-hydrogen) atoms. The number of benzene rings is 1. The van der Waals surface area contributed by atoms with E-state index in [-0.39, 0.29) is 18.1 Å². The Labute approximate surface area is 81.3 Å². The molecule has 0 radical (unpaired) electrons. The molecule has 0 spiro atoms. The van der Waals surface area contributed by atoms with Crippen LogP contribution in [0, 0.1) is 5.92 Å². The maximum Gasteiger partial charge on any atom is 0.309 e. The van der Waals surface area contributed by atoms with Crippen molar-refractivity contribution in [1.29, 1.82) is 0 Å². The summed E-state index contributed by atoms with van der Waals surface area (Å²) in [7, 11) is 0. The molecule has 0 aromatic heterocycles. The maximum absolute atomic E-state index is 10.9. The summed E-state index contributed by atoms with van der Waals surface area (Å²) in [5.41, 5.74) is 2.24. The Balaban J connectivity index is 2.06. The Kier molecular flexibility index (Phi) is 1.47. The van der Waals surface area contributed by atoms with Gasteiger partial charge in [0.05, 0.1) is 18.1 Å². The predicted octanol–water partition coefficient (Wildman–Crippen LogP) is 1.90. The normalized spacial score (nSPS) is 33.0. The molecule has 1 saturated heterocycles. The van der Waals surface area contributed by atoms with E-state index in [9.17, 15) is 4.79 Å².